The molecule has 1 aromatic carbocycles. The number of halogens is 2. The first-order valence-electron chi connectivity index (χ1n) is 3.35. The van der Waals surface area contributed by atoms with Gasteiger partial charge in [0.15, 0.2) is 11.5 Å². The largest absolute Gasteiger partial charge is 0.493 e. The van der Waals surface area contributed by atoms with Crippen LogP contribution < -0.4 is 9.26 Å². The lowest BCUT2D eigenvalue weighted by atomic mass is 10.3. The highest BCUT2D eigenvalue weighted by molar-refractivity contribution is 8.36. The molecule has 72 valence electrons. The summed E-state index contributed by atoms with van der Waals surface area (Å²) >= 11 is 16.0. The summed E-state index contributed by atoms with van der Waals surface area (Å²) in [4.78, 5) is -2.73. The van der Waals surface area contributed by atoms with Crippen molar-refractivity contribution in [3.05, 3.63) is 24.3 Å². The van der Waals surface area contributed by atoms with Gasteiger partial charge in [-0.15, -0.1) is 0 Å². The monoisotopic (exact) mass is 256 g/mol. The van der Waals surface area contributed by atoms with Crippen molar-refractivity contribution in [3.8, 4) is 11.5 Å². The van der Waals surface area contributed by atoms with E-state index in [1.54, 1.807) is 18.2 Å². The molecule has 0 aliphatic heterocycles. The van der Waals surface area contributed by atoms with E-state index >= 15 is 0 Å². The Balaban J connectivity index is 2.94. The van der Waals surface area contributed by atoms with Crippen LogP contribution in [-0.4, -0.2) is 7.11 Å². The van der Waals surface area contributed by atoms with Crippen molar-refractivity contribution in [1.29, 1.82) is 0 Å². The lowest BCUT2D eigenvalue weighted by molar-refractivity contribution is 0.399. The van der Waals surface area contributed by atoms with E-state index in [0.29, 0.717) is 11.5 Å². The molecule has 0 aliphatic carbocycles. The molecule has 0 radical (unpaired) electrons. The Labute approximate surface area is 91.4 Å². The van der Waals surface area contributed by atoms with Crippen LogP contribution in [0.2, 0.25) is 0 Å². The quantitative estimate of drug-likeness (QED) is 0.768. The molecule has 2 nitrogen and oxygen atoms in total. The minimum absolute atomic E-state index is 0.471. The Bertz CT molecular complexity index is 339. The summed E-state index contributed by atoms with van der Waals surface area (Å²) in [6.45, 7) is 0. The zero-order valence-electron chi connectivity index (χ0n) is 6.74. The van der Waals surface area contributed by atoms with Crippen molar-refractivity contribution in [2.75, 3.05) is 7.11 Å². The van der Waals surface area contributed by atoms with Gasteiger partial charge in [-0.2, -0.15) is 0 Å². The molecule has 0 bridgehead atoms. The van der Waals surface area contributed by atoms with Crippen LogP contribution >= 0.6 is 27.5 Å². The number of ether oxygens (including phenoxy) is 1. The molecule has 0 aliphatic rings. The molecule has 0 saturated carbocycles. The second-order valence-corrected chi connectivity index (χ2v) is 9.29. The summed E-state index contributed by atoms with van der Waals surface area (Å²) in [6, 6.07) is 7.05. The van der Waals surface area contributed by atoms with Crippen LogP contribution in [0, 0.1) is 0 Å². The Morgan fingerprint density at radius 1 is 1.23 bits per heavy atom. The lowest BCUT2D eigenvalue weighted by Gasteiger charge is -2.11. The number of hydrogen-bond acceptors (Lipinski definition) is 3. The van der Waals surface area contributed by atoms with E-state index < -0.39 is 4.97 Å². The lowest BCUT2D eigenvalue weighted by Crippen LogP contribution is -1.88. The smallest absolute Gasteiger partial charge is 0.289 e. The second kappa shape index (κ2) is 4.52. The summed E-state index contributed by atoms with van der Waals surface area (Å²) in [5.41, 5.74) is 0. The van der Waals surface area contributed by atoms with E-state index in [4.69, 9.17) is 43.5 Å². The van der Waals surface area contributed by atoms with E-state index in [-0.39, 0.29) is 0 Å². The molecule has 6 heteroatoms. The minimum atomic E-state index is -2.73. The molecule has 0 unspecified atom stereocenters. The van der Waals surface area contributed by atoms with Gasteiger partial charge in [0.05, 0.1) is 7.11 Å². The highest BCUT2D eigenvalue weighted by Crippen LogP contribution is 2.58. The first-order valence-corrected chi connectivity index (χ1v) is 7.88. The molecule has 0 atom stereocenters. The topological polar surface area (TPSA) is 18.5 Å². The van der Waals surface area contributed by atoms with Gasteiger partial charge < -0.3 is 9.26 Å². The second-order valence-electron chi connectivity index (χ2n) is 2.16. The van der Waals surface area contributed by atoms with Crippen LogP contribution in [0.4, 0.5) is 0 Å². The molecule has 1 rings (SSSR count). The molecule has 0 spiro atoms. The van der Waals surface area contributed by atoms with Crippen LogP contribution in [0.3, 0.4) is 0 Å². The molecular weight excluding hydrogens is 250 g/mol. The van der Waals surface area contributed by atoms with Gasteiger partial charge in [-0.25, -0.2) is 0 Å². The third kappa shape index (κ3) is 3.74. The van der Waals surface area contributed by atoms with Crippen LogP contribution in [0.15, 0.2) is 24.3 Å². The number of methoxy groups -OCH3 is 1. The highest BCUT2D eigenvalue weighted by atomic mass is 35.9. The third-order valence-electron chi connectivity index (χ3n) is 1.27. The molecular formula is C7H7Cl2O2PS. The summed E-state index contributed by atoms with van der Waals surface area (Å²) in [5, 5.41) is 0. The normalized spacial score (nSPS) is 11.0. The minimum Gasteiger partial charge on any atom is -0.493 e. The van der Waals surface area contributed by atoms with E-state index in [9.17, 15) is 0 Å². The van der Waals surface area contributed by atoms with Gasteiger partial charge in [-0.3, -0.25) is 0 Å². The maximum atomic E-state index is 5.61. The Kier molecular flexibility index (Phi) is 3.87. The van der Waals surface area contributed by atoms with Crippen molar-refractivity contribution >= 4 is 39.3 Å². The zero-order valence-corrected chi connectivity index (χ0v) is 9.96. The van der Waals surface area contributed by atoms with Gasteiger partial charge in [0.25, 0.3) is 4.97 Å². The number of para-hydroxylation sites is 2. The van der Waals surface area contributed by atoms with Crippen molar-refractivity contribution in [2.24, 2.45) is 0 Å². The summed E-state index contributed by atoms with van der Waals surface area (Å²) in [7, 11) is 1.54. The SMILES string of the molecule is COc1ccccc1OP(=S)(Cl)Cl. The maximum Gasteiger partial charge on any atom is 0.289 e. The van der Waals surface area contributed by atoms with Crippen LogP contribution in [0.25, 0.3) is 0 Å². The standard InChI is InChI=1S/C7H7Cl2O2PS/c1-10-6-4-2-3-5-7(6)11-12(8,9)13/h2-5H,1H3. The average molecular weight is 257 g/mol. The molecule has 0 heterocycles. The fourth-order valence-corrected chi connectivity index (χ4v) is 1.88. The van der Waals surface area contributed by atoms with Gasteiger partial charge in [-0.1, -0.05) is 12.1 Å². The Morgan fingerprint density at radius 2 is 1.77 bits per heavy atom. The van der Waals surface area contributed by atoms with Crippen molar-refractivity contribution in [2.45, 2.75) is 0 Å². The molecule has 13 heavy (non-hydrogen) atoms. The highest BCUT2D eigenvalue weighted by Gasteiger charge is 2.13. The van der Waals surface area contributed by atoms with E-state index in [2.05, 4.69) is 0 Å². The average Bonchev–Trinajstić information content (AvgIpc) is 2.02. The summed E-state index contributed by atoms with van der Waals surface area (Å²) < 4.78 is 10.2. The van der Waals surface area contributed by atoms with E-state index in [1.165, 1.54) is 7.11 Å². The Hall–Kier alpha value is 0.0500. The third-order valence-corrected chi connectivity index (χ3v) is 2.32. The number of benzene rings is 1. The van der Waals surface area contributed by atoms with Crippen molar-refractivity contribution in [3.63, 3.8) is 0 Å². The fraction of sp³-hybridized carbons (Fsp3) is 0.143. The first kappa shape index (κ1) is 11.1. The van der Waals surface area contributed by atoms with E-state index in [1.807, 2.05) is 6.07 Å². The predicted molar refractivity (Wildman–Crippen MR) is 59.6 cm³/mol. The number of hydrogen-bond donors (Lipinski definition) is 0. The summed E-state index contributed by atoms with van der Waals surface area (Å²) in [6.07, 6.45) is 0. The van der Waals surface area contributed by atoms with Gasteiger partial charge in [0.1, 0.15) is 0 Å². The molecule has 0 N–H and O–H groups in total. The van der Waals surface area contributed by atoms with Crippen molar-refractivity contribution in [1.82, 2.24) is 0 Å². The van der Waals surface area contributed by atoms with Gasteiger partial charge in [0, 0.05) is 0 Å². The fourth-order valence-electron chi connectivity index (χ4n) is 0.809. The molecule has 0 amide bonds. The predicted octanol–water partition coefficient (Wildman–Crippen LogP) is 3.78. The molecule has 0 fully saturated rings. The first-order chi connectivity index (χ1) is 6.03. The zero-order chi connectivity index (χ0) is 9.90. The van der Waals surface area contributed by atoms with Gasteiger partial charge >= 0.3 is 0 Å². The van der Waals surface area contributed by atoms with Crippen LogP contribution in [-0.2, 0) is 11.8 Å². The molecule has 1 aromatic rings. The summed E-state index contributed by atoms with van der Waals surface area (Å²) in [5.74, 6) is 1.04. The molecule has 0 aromatic heterocycles. The van der Waals surface area contributed by atoms with Crippen LogP contribution in [0.1, 0.15) is 0 Å². The maximum absolute atomic E-state index is 5.61. The molecule has 0 saturated heterocycles. The van der Waals surface area contributed by atoms with Crippen molar-refractivity contribution < 1.29 is 9.26 Å². The number of rotatable bonds is 3. The van der Waals surface area contributed by atoms with E-state index in [0.717, 1.165) is 0 Å². The van der Waals surface area contributed by atoms with Crippen LogP contribution in [0.5, 0.6) is 11.5 Å². The van der Waals surface area contributed by atoms with Gasteiger partial charge in [-0.05, 0) is 46.4 Å². The van der Waals surface area contributed by atoms with Gasteiger partial charge in [0.2, 0.25) is 0 Å². The Morgan fingerprint density at radius 3 is 2.23 bits per heavy atom.